The molecule has 96 valence electrons. The molecule has 0 saturated carbocycles. The molecular weight excluding hydrogens is 270 g/mol. The van der Waals surface area contributed by atoms with Crippen molar-refractivity contribution in [3.63, 3.8) is 0 Å². The molecule has 0 aliphatic rings. The van der Waals surface area contributed by atoms with Crippen molar-refractivity contribution < 1.29 is 9.90 Å². The first-order valence-electron chi connectivity index (χ1n) is 5.42. The Labute approximate surface area is 113 Å². The van der Waals surface area contributed by atoms with Crippen molar-refractivity contribution in [3.05, 3.63) is 27.8 Å². The average Bonchev–Trinajstić information content (AvgIpc) is 2.94. The van der Waals surface area contributed by atoms with Crippen LogP contribution in [0.5, 0.6) is 0 Å². The number of carboxylic acids is 1. The van der Waals surface area contributed by atoms with E-state index in [9.17, 15) is 4.79 Å². The van der Waals surface area contributed by atoms with Crippen molar-refractivity contribution in [2.24, 2.45) is 0 Å². The first-order valence-corrected chi connectivity index (χ1v) is 7.07. The van der Waals surface area contributed by atoms with E-state index < -0.39 is 5.97 Å². The molecular formula is C11H13N3O2S2. The summed E-state index contributed by atoms with van der Waals surface area (Å²) in [6, 6.07) is 0. The van der Waals surface area contributed by atoms with Crippen LogP contribution in [0.4, 0.5) is 5.00 Å². The maximum absolute atomic E-state index is 11.1. The van der Waals surface area contributed by atoms with E-state index in [0.717, 1.165) is 5.01 Å². The third kappa shape index (κ3) is 2.68. The van der Waals surface area contributed by atoms with Crippen LogP contribution in [0.1, 0.15) is 33.9 Å². The Morgan fingerprint density at radius 2 is 2.39 bits per heavy atom. The van der Waals surface area contributed by atoms with Gasteiger partial charge in [-0.2, -0.15) is 4.37 Å². The summed E-state index contributed by atoms with van der Waals surface area (Å²) in [4.78, 5) is 15.3. The van der Waals surface area contributed by atoms with E-state index in [2.05, 4.69) is 21.6 Å². The number of aromatic nitrogens is 2. The van der Waals surface area contributed by atoms with E-state index >= 15 is 0 Å². The minimum absolute atomic E-state index is 0.244. The zero-order chi connectivity index (χ0) is 13.1. The smallest absolute Gasteiger partial charge is 0.340 e. The molecule has 2 heterocycles. The fourth-order valence-corrected chi connectivity index (χ4v) is 3.05. The molecule has 0 aliphatic carbocycles. The first kappa shape index (κ1) is 13.0. The van der Waals surface area contributed by atoms with Crippen LogP contribution in [0.2, 0.25) is 0 Å². The summed E-state index contributed by atoms with van der Waals surface area (Å²) in [6.45, 7) is 4.41. The zero-order valence-corrected chi connectivity index (χ0v) is 11.6. The maximum atomic E-state index is 11.1. The third-order valence-electron chi connectivity index (χ3n) is 2.52. The number of hydrogen-bond acceptors (Lipinski definition) is 6. The van der Waals surface area contributed by atoms with Gasteiger partial charge in [0.15, 0.2) is 0 Å². The number of carbonyl (C=O) groups is 1. The molecule has 2 aromatic heterocycles. The highest BCUT2D eigenvalue weighted by Crippen LogP contribution is 2.26. The highest BCUT2D eigenvalue weighted by molar-refractivity contribution is 7.10. The molecule has 5 nitrogen and oxygen atoms in total. The Balaban J connectivity index is 2.05. The number of aryl methyl sites for hydroxylation is 1. The second-order valence-electron chi connectivity index (χ2n) is 3.93. The molecule has 0 radical (unpaired) electrons. The Hall–Kier alpha value is -1.47. The van der Waals surface area contributed by atoms with Crippen molar-refractivity contribution in [1.29, 1.82) is 0 Å². The number of carboxylic acid groups (broad SMARTS) is 1. The van der Waals surface area contributed by atoms with Gasteiger partial charge in [-0.25, -0.2) is 9.78 Å². The molecule has 18 heavy (non-hydrogen) atoms. The monoisotopic (exact) mass is 283 g/mol. The van der Waals surface area contributed by atoms with Gasteiger partial charge in [0.05, 0.1) is 10.7 Å². The van der Waals surface area contributed by atoms with Gasteiger partial charge in [0.1, 0.15) is 10.6 Å². The Morgan fingerprint density at radius 1 is 1.61 bits per heavy atom. The summed E-state index contributed by atoms with van der Waals surface area (Å²) in [5, 5.41) is 15.8. The van der Waals surface area contributed by atoms with Gasteiger partial charge in [0.2, 0.25) is 0 Å². The second-order valence-corrected chi connectivity index (χ2v) is 5.63. The van der Waals surface area contributed by atoms with Gasteiger partial charge in [0, 0.05) is 24.0 Å². The number of thiazole rings is 1. The molecule has 2 N–H and O–H groups in total. The van der Waals surface area contributed by atoms with Crippen LogP contribution in [0.25, 0.3) is 0 Å². The van der Waals surface area contributed by atoms with E-state index in [1.54, 1.807) is 24.5 Å². The second kappa shape index (κ2) is 5.45. The molecule has 1 unspecified atom stereocenters. The van der Waals surface area contributed by atoms with Crippen molar-refractivity contribution in [2.45, 2.75) is 19.8 Å². The van der Waals surface area contributed by atoms with Crippen LogP contribution in [-0.4, -0.2) is 27.0 Å². The largest absolute Gasteiger partial charge is 0.478 e. The number of anilines is 1. The van der Waals surface area contributed by atoms with E-state index in [1.807, 2.05) is 5.38 Å². The quantitative estimate of drug-likeness (QED) is 0.882. The lowest BCUT2D eigenvalue weighted by molar-refractivity contribution is 0.0697. The summed E-state index contributed by atoms with van der Waals surface area (Å²) >= 11 is 2.79. The fourth-order valence-electron chi connectivity index (χ4n) is 1.55. The molecule has 0 spiro atoms. The number of aromatic carboxylic acids is 1. The molecule has 2 aromatic rings. The van der Waals surface area contributed by atoms with Crippen LogP contribution >= 0.6 is 22.9 Å². The summed E-state index contributed by atoms with van der Waals surface area (Å²) in [5.41, 5.74) is 0.822. The van der Waals surface area contributed by atoms with Gasteiger partial charge in [-0.1, -0.05) is 6.92 Å². The fraction of sp³-hybridized carbons (Fsp3) is 0.364. The van der Waals surface area contributed by atoms with Gasteiger partial charge in [-0.05, 0) is 18.5 Å². The lowest BCUT2D eigenvalue weighted by Gasteiger charge is -2.10. The maximum Gasteiger partial charge on any atom is 0.340 e. The molecule has 0 fully saturated rings. The molecule has 0 amide bonds. The number of rotatable bonds is 5. The molecule has 0 aliphatic heterocycles. The van der Waals surface area contributed by atoms with E-state index in [1.165, 1.54) is 11.5 Å². The first-order chi connectivity index (χ1) is 8.59. The molecule has 0 saturated heterocycles. The van der Waals surface area contributed by atoms with Crippen LogP contribution < -0.4 is 5.32 Å². The molecule has 1 atom stereocenters. The summed E-state index contributed by atoms with van der Waals surface area (Å²) in [6.07, 6.45) is 1.77. The van der Waals surface area contributed by atoms with Gasteiger partial charge in [-0.3, -0.25) is 0 Å². The normalized spacial score (nSPS) is 12.3. The van der Waals surface area contributed by atoms with E-state index in [-0.39, 0.29) is 11.5 Å². The third-order valence-corrected chi connectivity index (χ3v) is 4.42. The molecule has 2 rings (SSSR count). The van der Waals surface area contributed by atoms with Crippen molar-refractivity contribution >= 4 is 33.8 Å². The van der Waals surface area contributed by atoms with Crippen LogP contribution in [-0.2, 0) is 0 Å². The van der Waals surface area contributed by atoms with Gasteiger partial charge in [0.25, 0.3) is 0 Å². The van der Waals surface area contributed by atoms with Crippen molar-refractivity contribution in [3.8, 4) is 0 Å². The van der Waals surface area contributed by atoms with Crippen LogP contribution in [0, 0.1) is 6.92 Å². The van der Waals surface area contributed by atoms with Gasteiger partial charge in [-0.15, -0.1) is 11.3 Å². The SMILES string of the molecule is Cc1nsc(NCC(C)c2nccs2)c1C(=O)O. The Bertz CT molecular complexity index is 536. The number of nitrogens with zero attached hydrogens (tertiary/aromatic N) is 2. The summed E-state index contributed by atoms with van der Waals surface area (Å²) in [5.74, 6) is -0.695. The average molecular weight is 283 g/mol. The van der Waals surface area contributed by atoms with E-state index in [4.69, 9.17) is 5.11 Å². The highest BCUT2D eigenvalue weighted by atomic mass is 32.1. The van der Waals surface area contributed by atoms with Crippen LogP contribution in [0.15, 0.2) is 11.6 Å². The summed E-state index contributed by atoms with van der Waals surface area (Å²) < 4.78 is 4.06. The lowest BCUT2D eigenvalue weighted by Crippen LogP contribution is -2.11. The number of hydrogen-bond donors (Lipinski definition) is 2. The minimum Gasteiger partial charge on any atom is -0.478 e. The summed E-state index contributed by atoms with van der Waals surface area (Å²) in [7, 11) is 0. The van der Waals surface area contributed by atoms with Crippen molar-refractivity contribution in [1.82, 2.24) is 9.36 Å². The lowest BCUT2D eigenvalue weighted by atomic mass is 10.2. The molecule has 0 bridgehead atoms. The topological polar surface area (TPSA) is 75.1 Å². The Morgan fingerprint density at radius 3 is 3.00 bits per heavy atom. The number of nitrogens with one attached hydrogen (secondary N) is 1. The van der Waals surface area contributed by atoms with E-state index in [0.29, 0.717) is 17.2 Å². The Kier molecular flexibility index (Phi) is 3.93. The standard InChI is InChI=1S/C11H13N3O2S2/c1-6(9-12-3-4-17-9)5-13-10-8(11(15)16)7(2)14-18-10/h3-4,6,13H,5H2,1-2H3,(H,15,16). The molecule has 0 aromatic carbocycles. The zero-order valence-electron chi connectivity index (χ0n) is 10.0. The van der Waals surface area contributed by atoms with Crippen molar-refractivity contribution in [2.75, 3.05) is 11.9 Å². The van der Waals surface area contributed by atoms with Gasteiger partial charge < -0.3 is 10.4 Å². The predicted octanol–water partition coefficient (Wildman–Crippen LogP) is 2.82. The minimum atomic E-state index is -0.939. The molecule has 7 heteroatoms. The van der Waals surface area contributed by atoms with Crippen LogP contribution in [0.3, 0.4) is 0 Å². The van der Waals surface area contributed by atoms with Gasteiger partial charge >= 0.3 is 5.97 Å². The predicted molar refractivity (Wildman–Crippen MR) is 72.8 cm³/mol. The highest BCUT2D eigenvalue weighted by Gasteiger charge is 2.18.